The van der Waals surface area contributed by atoms with Crippen LogP contribution < -0.4 is 5.32 Å². The molecule has 0 saturated carbocycles. The highest BCUT2D eigenvalue weighted by Gasteiger charge is 2.31. The van der Waals surface area contributed by atoms with Crippen LogP contribution in [-0.4, -0.2) is 35.8 Å². The van der Waals surface area contributed by atoms with Crippen molar-refractivity contribution in [2.45, 2.75) is 32.2 Å². The number of nitrogens with one attached hydrogen (secondary N) is 1. The van der Waals surface area contributed by atoms with Crippen molar-refractivity contribution in [1.29, 1.82) is 0 Å². The summed E-state index contributed by atoms with van der Waals surface area (Å²) < 4.78 is 5.22. The Bertz CT molecular complexity index is 414. The third kappa shape index (κ3) is 2.91. The second-order valence-electron chi connectivity index (χ2n) is 4.50. The third-order valence-corrected chi connectivity index (χ3v) is 3.07. The van der Waals surface area contributed by atoms with Crippen LogP contribution in [-0.2, 0) is 16.0 Å². The molecule has 1 unspecified atom stereocenters. The van der Waals surface area contributed by atoms with Crippen LogP contribution in [0.4, 0.5) is 0 Å². The minimum atomic E-state index is -0.354. The Hall–Kier alpha value is -1.78. The van der Waals surface area contributed by atoms with Crippen molar-refractivity contribution in [3.63, 3.8) is 0 Å². The van der Waals surface area contributed by atoms with Gasteiger partial charge in [0.25, 0.3) is 0 Å². The van der Waals surface area contributed by atoms with Crippen LogP contribution >= 0.6 is 0 Å². The lowest BCUT2D eigenvalue weighted by Gasteiger charge is -2.32. The summed E-state index contributed by atoms with van der Waals surface area (Å²) in [7, 11) is 0. The lowest BCUT2D eigenvalue weighted by atomic mass is 10.1. The van der Waals surface area contributed by atoms with Crippen LogP contribution in [0, 0.1) is 0 Å². The molecular formula is C13H18N2O3. The zero-order chi connectivity index (χ0) is 13.0. The molecule has 5 heteroatoms. The Labute approximate surface area is 106 Å². The maximum atomic E-state index is 12.1. The molecular weight excluding hydrogens is 232 g/mol. The molecule has 1 aliphatic rings. The molecule has 2 amide bonds. The second-order valence-corrected chi connectivity index (χ2v) is 4.50. The van der Waals surface area contributed by atoms with Gasteiger partial charge in [-0.05, 0) is 18.6 Å². The second kappa shape index (κ2) is 5.71. The molecule has 0 radical (unpaired) electrons. The number of hydrogen-bond acceptors (Lipinski definition) is 3. The normalized spacial score (nSPS) is 20.1. The minimum Gasteiger partial charge on any atom is -0.469 e. The fraction of sp³-hybridized carbons (Fsp3) is 0.538. The summed E-state index contributed by atoms with van der Waals surface area (Å²) in [5.74, 6) is 0.774. The summed E-state index contributed by atoms with van der Waals surface area (Å²) in [5, 5.41) is 2.74. The van der Waals surface area contributed by atoms with Gasteiger partial charge in [-0.1, -0.05) is 13.3 Å². The maximum Gasteiger partial charge on any atom is 0.245 e. The van der Waals surface area contributed by atoms with E-state index in [2.05, 4.69) is 5.32 Å². The fourth-order valence-electron chi connectivity index (χ4n) is 2.15. The molecule has 18 heavy (non-hydrogen) atoms. The van der Waals surface area contributed by atoms with Crippen molar-refractivity contribution in [2.24, 2.45) is 0 Å². The predicted octanol–water partition coefficient (Wildman–Crippen LogP) is 0.949. The Morgan fingerprint density at radius 1 is 1.50 bits per heavy atom. The summed E-state index contributed by atoms with van der Waals surface area (Å²) in [6.45, 7) is 2.68. The third-order valence-electron chi connectivity index (χ3n) is 3.07. The van der Waals surface area contributed by atoms with E-state index in [0.717, 1.165) is 12.2 Å². The van der Waals surface area contributed by atoms with Crippen molar-refractivity contribution in [3.8, 4) is 0 Å². The highest BCUT2D eigenvalue weighted by molar-refractivity contribution is 5.94. The average molecular weight is 250 g/mol. The topological polar surface area (TPSA) is 62.6 Å². The molecule has 1 saturated heterocycles. The molecule has 1 N–H and O–H groups in total. The molecule has 1 atom stereocenters. The molecule has 1 aromatic rings. The standard InChI is InChI=1S/C13H18N2O3/c1-2-4-11-13(17)15(9-12(16)14-11)7-6-10-5-3-8-18-10/h3,5,8,11H,2,4,6-7,9H2,1H3,(H,14,16). The van der Waals surface area contributed by atoms with E-state index >= 15 is 0 Å². The molecule has 0 aliphatic carbocycles. The monoisotopic (exact) mass is 250 g/mol. The van der Waals surface area contributed by atoms with E-state index in [1.54, 1.807) is 11.2 Å². The Balaban J connectivity index is 1.93. The minimum absolute atomic E-state index is 0.0167. The lowest BCUT2D eigenvalue weighted by Crippen LogP contribution is -2.58. The van der Waals surface area contributed by atoms with Gasteiger partial charge in [-0.15, -0.1) is 0 Å². The van der Waals surface area contributed by atoms with E-state index in [4.69, 9.17) is 4.42 Å². The van der Waals surface area contributed by atoms with E-state index in [9.17, 15) is 9.59 Å². The number of furan rings is 1. The predicted molar refractivity (Wildman–Crippen MR) is 65.8 cm³/mol. The zero-order valence-electron chi connectivity index (χ0n) is 10.5. The first-order valence-electron chi connectivity index (χ1n) is 6.31. The number of hydrogen-bond donors (Lipinski definition) is 1. The first-order valence-corrected chi connectivity index (χ1v) is 6.31. The van der Waals surface area contributed by atoms with Gasteiger partial charge < -0.3 is 14.6 Å². The van der Waals surface area contributed by atoms with E-state index in [-0.39, 0.29) is 24.4 Å². The van der Waals surface area contributed by atoms with Gasteiger partial charge in [-0.25, -0.2) is 0 Å². The van der Waals surface area contributed by atoms with Crippen LogP contribution in [0.25, 0.3) is 0 Å². The van der Waals surface area contributed by atoms with Gasteiger partial charge in [0.15, 0.2) is 0 Å². The molecule has 1 aromatic heterocycles. The number of nitrogens with zero attached hydrogens (tertiary/aromatic N) is 1. The van der Waals surface area contributed by atoms with Crippen LogP contribution in [0.3, 0.4) is 0 Å². The SMILES string of the molecule is CCCC1NC(=O)CN(CCc2ccco2)C1=O. The number of carbonyl (C=O) groups excluding carboxylic acids is 2. The summed E-state index contributed by atoms with van der Waals surface area (Å²) in [5.41, 5.74) is 0. The van der Waals surface area contributed by atoms with Gasteiger partial charge in [0, 0.05) is 13.0 Å². The number of rotatable bonds is 5. The molecule has 2 rings (SSSR count). The lowest BCUT2D eigenvalue weighted by molar-refractivity contribution is -0.144. The molecule has 0 spiro atoms. The highest BCUT2D eigenvalue weighted by Crippen LogP contribution is 2.09. The summed E-state index contributed by atoms with van der Waals surface area (Å²) in [6, 6.07) is 3.34. The number of amides is 2. The van der Waals surface area contributed by atoms with Crippen molar-refractivity contribution in [3.05, 3.63) is 24.2 Å². The quantitative estimate of drug-likeness (QED) is 0.846. The van der Waals surface area contributed by atoms with Gasteiger partial charge >= 0.3 is 0 Å². The molecule has 1 fully saturated rings. The van der Waals surface area contributed by atoms with Crippen LogP contribution in [0.2, 0.25) is 0 Å². The van der Waals surface area contributed by atoms with Gasteiger partial charge in [0.1, 0.15) is 11.8 Å². The van der Waals surface area contributed by atoms with E-state index in [0.29, 0.717) is 19.4 Å². The van der Waals surface area contributed by atoms with Crippen molar-refractivity contribution in [1.82, 2.24) is 10.2 Å². The number of piperazine rings is 1. The van der Waals surface area contributed by atoms with E-state index < -0.39 is 0 Å². The van der Waals surface area contributed by atoms with Gasteiger partial charge in [0.05, 0.1) is 12.8 Å². The van der Waals surface area contributed by atoms with Gasteiger partial charge in [0.2, 0.25) is 11.8 Å². The molecule has 5 nitrogen and oxygen atoms in total. The summed E-state index contributed by atoms with van der Waals surface area (Å²) in [6.07, 6.45) is 3.83. The van der Waals surface area contributed by atoms with Crippen molar-refractivity contribution in [2.75, 3.05) is 13.1 Å². The first kappa shape index (κ1) is 12.7. The molecule has 0 aromatic carbocycles. The Kier molecular flexibility index (Phi) is 4.02. The van der Waals surface area contributed by atoms with E-state index in [1.807, 2.05) is 19.1 Å². The summed E-state index contributed by atoms with van der Waals surface area (Å²) >= 11 is 0. The highest BCUT2D eigenvalue weighted by atomic mass is 16.3. The number of carbonyl (C=O) groups is 2. The van der Waals surface area contributed by atoms with Gasteiger partial charge in [-0.2, -0.15) is 0 Å². The van der Waals surface area contributed by atoms with Crippen LogP contribution in [0.1, 0.15) is 25.5 Å². The fourth-order valence-corrected chi connectivity index (χ4v) is 2.15. The van der Waals surface area contributed by atoms with Crippen LogP contribution in [0.15, 0.2) is 22.8 Å². The molecule has 98 valence electrons. The Morgan fingerprint density at radius 2 is 2.33 bits per heavy atom. The van der Waals surface area contributed by atoms with Gasteiger partial charge in [-0.3, -0.25) is 9.59 Å². The summed E-state index contributed by atoms with van der Waals surface area (Å²) in [4.78, 5) is 25.3. The van der Waals surface area contributed by atoms with Crippen LogP contribution in [0.5, 0.6) is 0 Å². The van der Waals surface area contributed by atoms with E-state index in [1.165, 1.54) is 0 Å². The average Bonchev–Trinajstić information content (AvgIpc) is 2.85. The first-order chi connectivity index (χ1) is 8.70. The maximum absolute atomic E-state index is 12.1. The smallest absolute Gasteiger partial charge is 0.245 e. The molecule has 0 bridgehead atoms. The molecule has 2 heterocycles. The molecule has 1 aliphatic heterocycles. The van der Waals surface area contributed by atoms with Crippen molar-refractivity contribution < 1.29 is 14.0 Å². The van der Waals surface area contributed by atoms with Crippen molar-refractivity contribution >= 4 is 11.8 Å². The Morgan fingerprint density at radius 3 is 3.00 bits per heavy atom. The largest absolute Gasteiger partial charge is 0.469 e. The zero-order valence-corrected chi connectivity index (χ0v) is 10.5.